The smallest absolute Gasteiger partial charge is 0.314 e. The van der Waals surface area contributed by atoms with E-state index >= 15 is 0 Å². The molecule has 0 N–H and O–H groups in total. The molecule has 0 unspecified atom stereocenters. The summed E-state index contributed by atoms with van der Waals surface area (Å²) in [6.45, 7) is 4.32. The molecule has 0 bridgehead atoms. The molecule has 2 nitrogen and oxygen atoms in total. The van der Waals surface area contributed by atoms with E-state index < -0.39 is 17.6 Å². The third-order valence-electron chi connectivity index (χ3n) is 6.03. The number of halogens is 2. The summed E-state index contributed by atoms with van der Waals surface area (Å²) in [5.41, 5.74) is 0.362. The summed E-state index contributed by atoms with van der Waals surface area (Å²) >= 11 is 0. The van der Waals surface area contributed by atoms with Crippen molar-refractivity contribution < 1.29 is 18.3 Å². The average molecular weight is 395 g/mol. The highest BCUT2D eigenvalue weighted by Gasteiger charge is 2.28. The van der Waals surface area contributed by atoms with Crippen molar-refractivity contribution in [2.75, 3.05) is 0 Å². The van der Waals surface area contributed by atoms with Gasteiger partial charge in [-0.1, -0.05) is 64.9 Å². The monoisotopic (exact) mass is 394 g/mol. The van der Waals surface area contributed by atoms with Gasteiger partial charge in [0.05, 0.1) is 5.92 Å². The van der Waals surface area contributed by atoms with Gasteiger partial charge < -0.3 is 4.74 Å². The Balaban J connectivity index is 1.84. The molecule has 4 heteroatoms. The number of aryl methyl sites for hydroxylation is 1. The van der Waals surface area contributed by atoms with Crippen LogP contribution in [0.3, 0.4) is 0 Å². The fourth-order valence-electron chi connectivity index (χ4n) is 4.15. The number of benzene rings is 1. The molecule has 0 aliphatic heterocycles. The van der Waals surface area contributed by atoms with E-state index in [1.807, 2.05) is 0 Å². The van der Waals surface area contributed by atoms with Gasteiger partial charge in [-0.3, -0.25) is 4.79 Å². The first kappa shape index (κ1) is 22.8. The van der Waals surface area contributed by atoms with Crippen molar-refractivity contribution in [2.45, 2.75) is 97.3 Å². The quantitative estimate of drug-likeness (QED) is 0.222. The van der Waals surface area contributed by atoms with Crippen LogP contribution in [0.1, 0.15) is 96.5 Å². The largest absolute Gasteiger partial charge is 0.423 e. The summed E-state index contributed by atoms with van der Waals surface area (Å²) in [6.07, 6.45) is 13.2. The Hall–Kier alpha value is -1.45. The minimum absolute atomic E-state index is 0.196. The van der Waals surface area contributed by atoms with Gasteiger partial charge in [0.25, 0.3) is 0 Å². The first-order valence-electron chi connectivity index (χ1n) is 11.2. The maximum atomic E-state index is 14.3. The van der Waals surface area contributed by atoms with E-state index in [1.165, 1.54) is 31.7 Å². The zero-order valence-electron chi connectivity index (χ0n) is 17.6. The molecule has 2 rings (SSSR count). The van der Waals surface area contributed by atoms with E-state index in [0.717, 1.165) is 51.4 Å². The molecule has 0 atom stereocenters. The molecule has 0 spiro atoms. The molecule has 0 heterocycles. The zero-order valence-corrected chi connectivity index (χ0v) is 17.6. The topological polar surface area (TPSA) is 26.3 Å². The lowest BCUT2D eigenvalue weighted by atomic mass is 9.80. The summed E-state index contributed by atoms with van der Waals surface area (Å²) in [5.74, 6) is -2.10. The first-order valence-corrected chi connectivity index (χ1v) is 11.2. The Kier molecular flexibility index (Phi) is 9.94. The van der Waals surface area contributed by atoms with E-state index in [0.29, 0.717) is 17.9 Å². The lowest BCUT2D eigenvalue weighted by Crippen LogP contribution is -2.26. The number of esters is 1. The van der Waals surface area contributed by atoms with Crippen molar-refractivity contribution >= 4 is 5.97 Å². The average Bonchev–Trinajstić information content (AvgIpc) is 2.71. The lowest BCUT2D eigenvalue weighted by Gasteiger charge is -2.27. The van der Waals surface area contributed by atoms with E-state index in [9.17, 15) is 13.6 Å². The second-order valence-corrected chi connectivity index (χ2v) is 8.30. The van der Waals surface area contributed by atoms with Gasteiger partial charge in [-0.25, -0.2) is 4.39 Å². The predicted octanol–water partition coefficient (Wildman–Crippen LogP) is 7.38. The lowest BCUT2D eigenvalue weighted by molar-refractivity contribution is -0.140. The minimum atomic E-state index is -1.03. The van der Waals surface area contributed by atoms with Gasteiger partial charge >= 0.3 is 5.97 Å². The van der Waals surface area contributed by atoms with Crippen LogP contribution in [-0.2, 0) is 11.2 Å². The third-order valence-corrected chi connectivity index (χ3v) is 6.03. The number of carbonyl (C=O) groups excluding carboxylic acids is 1. The molecule has 1 saturated carbocycles. The molecule has 0 radical (unpaired) electrons. The molecule has 0 amide bonds. The Morgan fingerprint density at radius 1 is 0.929 bits per heavy atom. The van der Waals surface area contributed by atoms with E-state index in [2.05, 4.69) is 13.8 Å². The van der Waals surface area contributed by atoms with Crippen LogP contribution in [0.2, 0.25) is 0 Å². The van der Waals surface area contributed by atoms with Gasteiger partial charge in [0.1, 0.15) is 0 Å². The van der Waals surface area contributed by atoms with Gasteiger partial charge in [0, 0.05) is 0 Å². The van der Waals surface area contributed by atoms with Crippen LogP contribution in [-0.4, -0.2) is 5.97 Å². The fraction of sp³-hybridized carbons (Fsp3) is 0.708. The molecule has 0 aromatic heterocycles. The number of unbranched alkanes of at least 4 members (excludes halogenated alkanes) is 5. The number of carbonyl (C=O) groups is 1. The van der Waals surface area contributed by atoms with Crippen molar-refractivity contribution in [1.82, 2.24) is 0 Å². The molecule has 1 aromatic carbocycles. The molecular formula is C24H36F2O2. The molecule has 158 valence electrons. The van der Waals surface area contributed by atoms with E-state index in [1.54, 1.807) is 6.07 Å². The van der Waals surface area contributed by atoms with Crippen molar-refractivity contribution in [3.63, 3.8) is 0 Å². The number of rotatable bonds is 11. The fourth-order valence-corrected chi connectivity index (χ4v) is 4.15. The van der Waals surface area contributed by atoms with Gasteiger partial charge in [-0.2, -0.15) is 4.39 Å². The summed E-state index contributed by atoms with van der Waals surface area (Å²) < 4.78 is 33.9. The Morgan fingerprint density at radius 3 is 2.29 bits per heavy atom. The second-order valence-electron chi connectivity index (χ2n) is 8.30. The Morgan fingerprint density at radius 2 is 1.61 bits per heavy atom. The molecule has 1 fully saturated rings. The Labute approximate surface area is 169 Å². The zero-order chi connectivity index (χ0) is 20.4. The predicted molar refractivity (Wildman–Crippen MR) is 109 cm³/mol. The van der Waals surface area contributed by atoms with E-state index in [4.69, 9.17) is 4.74 Å². The summed E-state index contributed by atoms with van der Waals surface area (Å²) in [6, 6.07) is 2.96. The van der Waals surface area contributed by atoms with Gasteiger partial charge in [0.15, 0.2) is 11.6 Å². The molecule has 1 aliphatic rings. The standard InChI is InChI=1S/C24H36F2O2/c1-3-5-7-9-11-19-16-17-21(23(26)22(19)25)28-24(27)20-14-12-18(13-15-20)10-8-6-4-2/h16-18,20H,3-15H2,1-2H3/t18-,20-. The molecule has 0 saturated heterocycles. The molecule has 1 aromatic rings. The van der Waals surface area contributed by atoms with Gasteiger partial charge in [-0.05, 0) is 56.1 Å². The number of ether oxygens (including phenoxy) is 1. The highest BCUT2D eigenvalue weighted by atomic mass is 19.2. The van der Waals surface area contributed by atoms with Crippen LogP contribution in [0.25, 0.3) is 0 Å². The Bertz CT molecular complexity index is 607. The van der Waals surface area contributed by atoms with Gasteiger partial charge in [0.2, 0.25) is 5.82 Å². The maximum absolute atomic E-state index is 14.3. The molecule has 1 aliphatic carbocycles. The van der Waals surface area contributed by atoms with Crippen LogP contribution in [0, 0.1) is 23.5 Å². The summed E-state index contributed by atoms with van der Waals surface area (Å²) in [7, 11) is 0. The SMILES string of the molecule is CCCCCCc1ccc(OC(=O)[C@H]2CC[C@H](CCCCC)CC2)c(F)c1F. The van der Waals surface area contributed by atoms with E-state index in [-0.39, 0.29) is 11.7 Å². The van der Waals surface area contributed by atoms with Crippen LogP contribution >= 0.6 is 0 Å². The number of hydrogen-bond acceptors (Lipinski definition) is 2. The maximum Gasteiger partial charge on any atom is 0.314 e. The second kappa shape index (κ2) is 12.2. The first-order chi connectivity index (χ1) is 13.6. The highest BCUT2D eigenvalue weighted by molar-refractivity contribution is 5.75. The van der Waals surface area contributed by atoms with Crippen molar-refractivity contribution in [3.8, 4) is 5.75 Å². The third kappa shape index (κ3) is 6.86. The molecular weight excluding hydrogens is 358 g/mol. The normalized spacial score (nSPS) is 19.6. The van der Waals surface area contributed by atoms with Crippen LogP contribution in [0.5, 0.6) is 5.75 Å². The minimum Gasteiger partial charge on any atom is -0.423 e. The number of hydrogen-bond donors (Lipinski definition) is 0. The highest BCUT2D eigenvalue weighted by Crippen LogP contribution is 2.33. The van der Waals surface area contributed by atoms with Crippen molar-refractivity contribution in [1.29, 1.82) is 0 Å². The van der Waals surface area contributed by atoms with Gasteiger partial charge in [-0.15, -0.1) is 0 Å². The van der Waals surface area contributed by atoms with Crippen LogP contribution < -0.4 is 4.74 Å². The van der Waals surface area contributed by atoms with Crippen LogP contribution in [0.4, 0.5) is 8.78 Å². The summed E-state index contributed by atoms with van der Waals surface area (Å²) in [4.78, 5) is 12.4. The summed E-state index contributed by atoms with van der Waals surface area (Å²) in [5, 5.41) is 0. The van der Waals surface area contributed by atoms with Crippen molar-refractivity contribution in [3.05, 3.63) is 29.3 Å². The van der Waals surface area contributed by atoms with Crippen molar-refractivity contribution in [2.24, 2.45) is 11.8 Å². The van der Waals surface area contributed by atoms with Crippen LogP contribution in [0.15, 0.2) is 12.1 Å². The molecule has 28 heavy (non-hydrogen) atoms.